The van der Waals surface area contributed by atoms with Gasteiger partial charge in [-0.1, -0.05) is 11.3 Å². The lowest BCUT2D eigenvalue weighted by Gasteiger charge is -2.31. The summed E-state index contributed by atoms with van der Waals surface area (Å²) in [5, 5.41) is 10.6. The summed E-state index contributed by atoms with van der Waals surface area (Å²) in [6.07, 6.45) is 6.62. The molecule has 1 fully saturated rings. The molecule has 1 aliphatic carbocycles. The van der Waals surface area contributed by atoms with E-state index in [2.05, 4.69) is 26.7 Å². The van der Waals surface area contributed by atoms with Gasteiger partial charge in [-0.15, -0.1) is 5.10 Å². The van der Waals surface area contributed by atoms with Crippen molar-refractivity contribution in [3.8, 4) is 5.69 Å². The Kier molecular flexibility index (Phi) is 5.54. The number of nitrogens with one attached hydrogen (secondary N) is 1. The van der Waals surface area contributed by atoms with E-state index < -0.39 is 11.9 Å². The summed E-state index contributed by atoms with van der Waals surface area (Å²) in [6.45, 7) is 0.256. The summed E-state index contributed by atoms with van der Waals surface area (Å²) < 4.78 is 1.51. The van der Waals surface area contributed by atoms with Gasteiger partial charge in [0.1, 0.15) is 6.04 Å². The topological polar surface area (TPSA) is 130 Å². The number of rotatable bonds is 4. The lowest BCUT2D eigenvalue weighted by atomic mass is 9.91. The van der Waals surface area contributed by atoms with Crippen LogP contribution in [0.4, 0.5) is 0 Å². The average Bonchev–Trinajstić information content (AvgIpc) is 3.52. The summed E-state index contributed by atoms with van der Waals surface area (Å²) >= 11 is 0. The van der Waals surface area contributed by atoms with Gasteiger partial charge < -0.3 is 9.80 Å². The first-order chi connectivity index (χ1) is 17.9. The SMILES string of the molecule is CN(C(=O)c1cn(-c2ccc3c(c2)CN(C2CCC(=O)NC2=O)C3=O)nn1)C1CCCc2cccnc21. The number of fused-ring (bicyclic) bond motifs is 2. The van der Waals surface area contributed by atoms with Crippen molar-refractivity contribution in [3.05, 3.63) is 70.8 Å². The van der Waals surface area contributed by atoms with Gasteiger partial charge in [-0.2, -0.15) is 0 Å². The second-order valence-electron chi connectivity index (χ2n) is 9.66. The molecule has 2 atom stereocenters. The Morgan fingerprint density at radius 1 is 1.11 bits per heavy atom. The molecule has 188 valence electrons. The zero-order valence-electron chi connectivity index (χ0n) is 20.3. The number of aryl methyl sites for hydroxylation is 1. The predicted octanol–water partition coefficient (Wildman–Crippen LogP) is 1.57. The quantitative estimate of drug-likeness (QED) is 0.539. The molecule has 2 aromatic heterocycles. The van der Waals surface area contributed by atoms with E-state index in [9.17, 15) is 19.2 Å². The van der Waals surface area contributed by atoms with E-state index in [-0.39, 0.29) is 42.4 Å². The molecule has 11 heteroatoms. The van der Waals surface area contributed by atoms with Crippen molar-refractivity contribution < 1.29 is 19.2 Å². The molecule has 1 N–H and O–H groups in total. The van der Waals surface area contributed by atoms with E-state index in [0.717, 1.165) is 30.5 Å². The van der Waals surface area contributed by atoms with Crippen molar-refractivity contribution in [1.29, 1.82) is 0 Å². The Morgan fingerprint density at radius 2 is 1.97 bits per heavy atom. The Hall–Kier alpha value is -4.41. The number of aromatic nitrogens is 4. The molecule has 0 spiro atoms. The van der Waals surface area contributed by atoms with Crippen LogP contribution in [0.15, 0.2) is 42.7 Å². The average molecular weight is 500 g/mol. The minimum atomic E-state index is -0.674. The van der Waals surface area contributed by atoms with Crippen molar-refractivity contribution in [3.63, 3.8) is 0 Å². The van der Waals surface area contributed by atoms with Gasteiger partial charge in [0.2, 0.25) is 11.8 Å². The van der Waals surface area contributed by atoms with Gasteiger partial charge in [0.05, 0.1) is 23.6 Å². The number of hydrogen-bond donors (Lipinski definition) is 1. The maximum Gasteiger partial charge on any atom is 0.276 e. The summed E-state index contributed by atoms with van der Waals surface area (Å²) in [5.74, 6) is -1.25. The van der Waals surface area contributed by atoms with Crippen molar-refractivity contribution in [2.75, 3.05) is 7.05 Å². The van der Waals surface area contributed by atoms with Gasteiger partial charge in [0, 0.05) is 31.8 Å². The Balaban J connectivity index is 1.20. The van der Waals surface area contributed by atoms with Gasteiger partial charge in [-0.3, -0.25) is 29.5 Å². The third-order valence-corrected chi connectivity index (χ3v) is 7.44. The molecular formula is C26H25N7O4. The zero-order chi connectivity index (χ0) is 25.7. The van der Waals surface area contributed by atoms with Crippen LogP contribution in [-0.4, -0.2) is 66.5 Å². The second kappa shape index (κ2) is 8.91. The van der Waals surface area contributed by atoms with E-state index in [1.807, 2.05) is 12.1 Å². The van der Waals surface area contributed by atoms with Crippen LogP contribution in [0.2, 0.25) is 0 Å². The fourth-order valence-corrected chi connectivity index (χ4v) is 5.48. The number of nitrogens with zero attached hydrogens (tertiary/aromatic N) is 6. The number of imide groups is 1. The normalized spacial score (nSPS) is 20.9. The number of amides is 4. The number of piperidine rings is 1. The Labute approximate surface area is 212 Å². The number of hydrogen-bond acceptors (Lipinski definition) is 7. The van der Waals surface area contributed by atoms with Gasteiger partial charge in [0.15, 0.2) is 5.69 Å². The van der Waals surface area contributed by atoms with Crippen LogP contribution < -0.4 is 5.32 Å². The van der Waals surface area contributed by atoms with Crippen LogP contribution in [0.5, 0.6) is 0 Å². The second-order valence-corrected chi connectivity index (χ2v) is 9.66. The monoisotopic (exact) mass is 499 g/mol. The lowest BCUT2D eigenvalue weighted by molar-refractivity contribution is -0.136. The third-order valence-electron chi connectivity index (χ3n) is 7.44. The fraction of sp³-hybridized carbons (Fsp3) is 0.346. The largest absolute Gasteiger partial charge is 0.332 e. The standard InChI is InChI=1S/C26H25N7O4/c1-31(20-6-2-4-15-5-3-11-27-23(15)20)26(37)19-14-33(30-29-19)17-7-8-18-16(12-17)13-32(25(18)36)21-9-10-22(34)28-24(21)35/h3,5,7-8,11-12,14,20-21H,2,4,6,9-10,13H2,1H3,(H,28,34,35). The molecule has 3 aromatic rings. The van der Waals surface area contributed by atoms with Crippen LogP contribution >= 0.6 is 0 Å². The van der Waals surface area contributed by atoms with E-state index in [1.54, 1.807) is 36.5 Å². The highest BCUT2D eigenvalue weighted by molar-refractivity contribution is 6.05. The van der Waals surface area contributed by atoms with E-state index in [4.69, 9.17) is 0 Å². The van der Waals surface area contributed by atoms with E-state index in [0.29, 0.717) is 17.7 Å². The predicted molar refractivity (Wildman–Crippen MR) is 129 cm³/mol. The maximum absolute atomic E-state index is 13.3. The highest BCUT2D eigenvalue weighted by Gasteiger charge is 2.39. The van der Waals surface area contributed by atoms with Gasteiger partial charge in [-0.25, -0.2) is 4.68 Å². The van der Waals surface area contributed by atoms with Crippen molar-refractivity contribution in [2.24, 2.45) is 0 Å². The van der Waals surface area contributed by atoms with Gasteiger partial charge in [-0.05, 0) is 61.1 Å². The number of carbonyl (C=O) groups is 4. The number of pyridine rings is 1. The first-order valence-electron chi connectivity index (χ1n) is 12.3. The molecule has 37 heavy (non-hydrogen) atoms. The highest BCUT2D eigenvalue weighted by atomic mass is 16.2. The highest BCUT2D eigenvalue weighted by Crippen LogP contribution is 2.33. The molecule has 0 bridgehead atoms. The van der Waals surface area contributed by atoms with Crippen molar-refractivity contribution >= 4 is 23.6 Å². The molecule has 2 unspecified atom stereocenters. The number of benzene rings is 1. The minimum Gasteiger partial charge on any atom is -0.332 e. The Morgan fingerprint density at radius 3 is 2.81 bits per heavy atom. The number of carbonyl (C=O) groups excluding carboxylic acids is 4. The molecule has 11 nitrogen and oxygen atoms in total. The van der Waals surface area contributed by atoms with Crippen LogP contribution in [-0.2, 0) is 22.6 Å². The van der Waals surface area contributed by atoms with Crippen molar-refractivity contribution in [2.45, 2.75) is 50.7 Å². The van der Waals surface area contributed by atoms with Crippen LogP contribution in [0.25, 0.3) is 5.69 Å². The molecule has 6 rings (SSSR count). The minimum absolute atomic E-state index is 0.119. The molecule has 1 aromatic carbocycles. The van der Waals surface area contributed by atoms with Crippen LogP contribution in [0.3, 0.4) is 0 Å². The first-order valence-corrected chi connectivity index (χ1v) is 12.3. The molecule has 0 radical (unpaired) electrons. The smallest absolute Gasteiger partial charge is 0.276 e. The molecule has 4 heterocycles. The molecule has 3 aliphatic rings. The van der Waals surface area contributed by atoms with Gasteiger partial charge >= 0.3 is 0 Å². The fourth-order valence-electron chi connectivity index (χ4n) is 5.48. The third kappa shape index (κ3) is 3.96. The van der Waals surface area contributed by atoms with Crippen molar-refractivity contribution in [1.82, 2.24) is 35.1 Å². The molecule has 1 saturated heterocycles. The van der Waals surface area contributed by atoms with Crippen LogP contribution in [0.1, 0.15) is 69.4 Å². The summed E-state index contributed by atoms with van der Waals surface area (Å²) in [5.41, 5.74) is 4.22. The molecule has 0 saturated carbocycles. The van der Waals surface area contributed by atoms with E-state index in [1.165, 1.54) is 15.1 Å². The van der Waals surface area contributed by atoms with E-state index >= 15 is 0 Å². The van der Waals surface area contributed by atoms with Gasteiger partial charge in [0.25, 0.3) is 11.8 Å². The summed E-state index contributed by atoms with van der Waals surface area (Å²) in [4.78, 5) is 57.7. The summed E-state index contributed by atoms with van der Waals surface area (Å²) in [7, 11) is 1.76. The summed E-state index contributed by atoms with van der Waals surface area (Å²) in [6, 6.07) is 8.43. The maximum atomic E-state index is 13.3. The lowest BCUT2D eigenvalue weighted by Crippen LogP contribution is -2.52. The zero-order valence-corrected chi connectivity index (χ0v) is 20.3. The molecule has 4 amide bonds. The first kappa shape index (κ1) is 23.0. The molecule has 2 aliphatic heterocycles. The van der Waals surface area contributed by atoms with Crippen LogP contribution in [0, 0.1) is 0 Å². The molecular weight excluding hydrogens is 474 g/mol. The Bertz CT molecular complexity index is 1450.